The zero-order chi connectivity index (χ0) is 12.1. The molecule has 1 fully saturated rings. The lowest BCUT2D eigenvalue weighted by Crippen LogP contribution is -2.34. The second-order valence-electron chi connectivity index (χ2n) is 4.52. The van der Waals surface area contributed by atoms with Gasteiger partial charge in [0.1, 0.15) is 18.0 Å². The molecule has 0 atom stereocenters. The number of nitrogens with two attached hydrogens (primary N) is 1. The second-order valence-corrected chi connectivity index (χ2v) is 4.52. The summed E-state index contributed by atoms with van der Waals surface area (Å²) < 4.78 is 0. The van der Waals surface area contributed by atoms with Crippen molar-refractivity contribution in [2.45, 2.75) is 19.3 Å². The minimum absolute atomic E-state index is 0.793. The van der Waals surface area contributed by atoms with Gasteiger partial charge < -0.3 is 16.0 Å². The molecule has 2 rings (SSSR count). The first kappa shape index (κ1) is 12.1. The number of anilines is 2. The SMILES string of the molecule is CNc1cc(N2CCC(CCN)CC2)ncn1. The molecule has 0 aliphatic carbocycles. The molecule has 1 aromatic heterocycles. The van der Waals surface area contributed by atoms with Crippen LogP contribution >= 0.6 is 0 Å². The highest BCUT2D eigenvalue weighted by molar-refractivity contribution is 5.48. The molecular formula is C12H21N5. The van der Waals surface area contributed by atoms with E-state index in [-0.39, 0.29) is 0 Å². The first-order chi connectivity index (χ1) is 8.33. The van der Waals surface area contributed by atoms with Crippen LogP contribution in [0.3, 0.4) is 0 Å². The van der Waals surface area contributed by atoms with Crippen LogP contribution in [-0.4, -0.2) is 36.6 Å². The van der Waals surface area contributed by atoms with Crippen LogP contribution in [0, 0.1) is 5.92 Å². The van der Waals surface area contributed by atoms with Crippen molar-refractivity contribution in [3.63, 3.8) is 0 Å². The van der Waals surface area contributed by atoms with Gasteiger partial charge in [-0.25, -0.2) is 9.97 Å². The van der Waals surface area contributed by atoms with E-state index in [0.29, 0.717) is 0 Å². The highest BCUT2D eigenvalue weighted by Crippen LogP contribution is 2.24. The minimum Gasteiger partial charge on any atom is -0.373 e. The molecule has 0 saturated carbocycles. The third-order valence-corrected chi connectivity index (χ3v) is 3.42. The molecule has 0 spiro atoms. The predicted octanol–water partition coefficient (Wildman–Crippen LogP) is 1.08. The summed E-state index contributed by atoms with van der Waals surface area (Å²) in [5.74, 6) is 2.69. The van der Waals surface area contributed by atoms with E-state index in [1.807, 2.05) is 13.1 Å². The molecule has 0 unspecified atom stereocenters. The molecule has 3 N–H and O–H groups in total. The van der Waals surface area contributed by atoms with Crippen LogP contribution in [0.15, 0.2) is 12.4 Å². The lowest BCUT2D eigenvalue weighted by atomic mass is 9.94. The summed E-state index contributed by atoms with van der Waals surface area (Å²) in [5, 5.41) is 3.04. The molecule has 0 radical (unpaired) electrons. The fraction of sp³-hybridized carbons (Fsp3) is 0.667. The molecule has 94 valence electrons. The van der Waals surface area contributed by atoms with Crippen molar-refractivity contribution in [2.75, 3.05) is 36.9 Å². The maximum absolute atomic E-state index is 5.60. The standard InChI is InChI=1S/C12H21N5/c1-14-11-8-12(16-9-15-11)17-6-3-10(2-5-13)4-7-17/h8-10H,2-7,13H2,1H3,(H,14,15,16). The van der Waals surface area contributed by atoms with Gasteiger partial charge in [-0.05, 0) is 31.7 Å². The van der Waals surface area contributed by atoms with Crippen molar-refractivity contribution in [3.05, 3.63) is 12.4 Å². The molecular weight excluding hydrogens is 214 g/mol. The first-order valence-electron chi connectivity index (χ1n) is 6.28. The molecule has 0 aromatic carbocycles. The van der Waals surface area contributed by atoms with E-state index in [9.17, 15) is 0 Å². The fourth-order valence-corrected chi connectivity index (χ4v) is 2.34. The topological polar surface area (TPSA) is 67.1 Å². The van der Waals surface area contributed by atoms with Crippen LogP contribution in [0.25, 0.3) is 0 Å². The summed E-state index contributed by atoms with van der Waals surface area (Å²) in [4.78, 5) is 10.8. The van der Waals surface area contributed by atoms with Crippen LogP contribution in [0.1, 0.15) is 19.3 Å². The van der Waals surface area contributed by atoms with Crippen molar-refractivity contribution in [2.24, 2.45) is 11.7 Å². The Morgan fingerprint density at radius 3 is 2.82 bits per heavy atom. The minimum atomic E-state index is 0.793. The number of aromatic nitrogens is 2. The van der Waals surface area contributed by atoms with Gasteiger partial charge in [0, 0.05) is 26.2 Å². The fourth-order valence-electron chi connectivity index (χ4n) is 2.34. The number of hydrogen-bond acceptors (Lipinski definition) is 5. The Kier molecular flexibility index (Phi) is 4.14. The average Bonchev–Trinajstić information content (AvgIpc) is 2.40. The summed E-state index contributed by atoms with van der Waals surface area (Å²) in [6.07, 6.45) is 5.21. The van der Waals surface area contributed by atoms with Crippen LogP contribution in [0.2, 0.25) is 0 Å². The van der Waals surface area contributed by atoms with Gasteiger partial charge in [0.15, 0.2) is 0 Å². The van der Waals surface area contributed by atoms with Gasteiger partial charge in [-0.15, -0.1) is 0 Å². The molecule has 5 heteroatoms. The summed E-state index contributed by atoms with van der Waals surface area (Å²) in [6.45, 7) is 2.96. The molecule has 1 aliphatic heterocycles. The summed E-state index contributed by atoms with van der Waals surface area (Å²) >= 11 is 0. The largest absolute Gasteiger partial charge is 0.373 e. The van der Waals surface area contributed by atoms with E-state index in [1.165, 1.54) is 12.8 Å². The van der Waals surface area contributed by atoms with Gasteiger partial charge in [0.2, 0.25) is 0 Å². The number of nitrogens with one attached hydrogen (secondary N) is 1. The highest BCUT2D eigenvalue weighted by atomic mass is 15.2. The third-order valence-electron chi connectivity index (χ3n) is 3.42. The molecule has 5 nitrogen and oxygen atoms in total. The van der Waals surface area contributed by atoms with Gasteiger partial charge in [-0.1, -0.05) is 0 Å². The maximum atomic E-state index is 5.60. The summed E-state index contributed by atoms with van der Waals surface area (Å²) in [7, 11) is 1.87. The molecule has 17 heavy (non-hydrogen) atoms. The molecule has 0 amide bonds. The quantitative estimate of drug-likeness (QED) is 0.817. The number of piperidine rings is 1. The summed E-state index contributed by atoms with van der Waals surface area (Å²) in [5.41, 5.74) is 5.60. The highest BCUT2D eigenvalue weighted by Gasteiger charge is 2.19. The zero-order valence-corrected chi connectivity index (χ0v) is 10.4. The van der Waals surface area contributed by atoms with Crippen molar-refractivity contribution in [3.8, 4) is 0 Å². The summed E-state index contributed by atoms with van der Waals surface area (Å²) in [6, 6.07) is 2.00. The van der Waals surface area contributed by atoms with E-state index in [1.54, 1.807) is 6.33 Å². The molecule has 2 heterocycles. The van der Waals surface area contributed by atoms with Crippen molar-refractivity contribution in [1.29, 1.82) is 0 Å². The Balaban J connectivity index is 1.95. The van der Waals surface area contributed by atoms with Gasteiger partial charge in [-0.2, -0.15) is 0 Å². The van der Waals surface area contributed by atoms with E-state index in [2.05, 4.69) is 20.2 Å². The number of hydrogen-bond donors (Lipinski definition) is 2. The van der Waals surface area contributed by atoms with Crippen molar-refractivity contribution < 1.29 is 0 Å². The maximum Gasteiger partial charge on any atom is 0.134 e. The zero-order valence-electron chi connectivity index (χ0n) is 10.4. The van der Waals surface area contributed by atoms with E-state index >= 15 is 0 Å². The number of rotatable bonds is 4. The Morgan fingerprint density at radius 2 is 2.18 bits per heavy atom. The first-order valence-corrected chi connectivity index (χ1v) is 6.28. The molecule has 1 saturated heterocycles. The van der Waals surface area contributed by atoms with Crippen LogP contribution in [-0.2, 0) is 0 Å². The van der Waals surface area contributed by atoms with Gasteiger partial charge >= 0.3 is 0 Å². The second kappa shape index (κ2) is 5.82. The normalized spacial score (nSPS) is 17.2. The molecule has 0 bridgehead atoms. The number of nitrogens with zero attached hydrogens (tertiary/aromatic N) is 3. The lowest BCUT2D eigenvalue weighted by molar-refractivity contribution is 0.385. The van der Waals surface area contributed by atoms with E-state index in [4.69, 9.17) is 5.73 Å². The van der Waals surface area contributed by atoms with Gasteiger partial charge in [0.05, 0.1) is 0 Å². The third kappa shape index (κ3) is 3.06. The van der Waals surface area contributed by atoms with Crippen LogP contribution in [0.4, 0.5) is 11.6 Å². The molecule has 1 aliphatic rings. The van der Waals surface area contributed by atoms with Gasteiger partial charge in [-0.3, -0.25) is 0 Å². The van der Waals surface area contributed by atoms with Gasteiger partial charge in [0.25, 0.3) is 0 Å². The monoisotopic (exact) mass is 235 g/mol. The predicted molar refractivity (Wildman–Crippen MR) is 70.2 cm³/mol. The Labute approximate surface area is 102 Å². The van der Waals surface area contributed by atoms with Crippen LogP contribution < -0.4 is 16.0 Å². The average molecular weight is 235 g/mol. The molecule has 1 aromatic rings. The van der Waals surface area contributed by atoms with E-state index in [0.717, 1.165) is 43.6 Å². The van der Waals surface area contributed by atoms with E-state index < -0.39 is 0 Å². The smallest absolute Gasteiger partial charge is 0.134 e. The lowest BCUT2D eigenvalue weighted by Gasteiger charge is -2.32. The van der Waals surface area contributed by atoms with Crippen molar-refractivity contribution in [1.82, 2.24) is 9.97 Å². The van der Waals surface area contributed by atoms with Crippen molar-refractivity contribution >= 4 is 11.6 Å². The Hall–Kier alpha value is -1.36. The van der Waals surface area contributed by atoms with Crippen LogP contribution in [0.5, 0.6) is 0 Å². The Morgan fingerprint density at radius 1 is 1.41 bits per heavy atom. The Bertz CT molecular complexity index is 347.